The summed E-state index contributed by atoms with van der Waals surface area (Å²) >= 11 is 2.91. The smallest absolute Gasteiger partial charge is 0.312 e. The molecule has 92 valence electrons. The number of allylic oxidation sites excluding steroid dienone is 2. The molecule has 0 aromatic heterocycles. The first-order valence-electron chi connectivity index (χ1n) is 5.07. The Morgan fingerprint density at radius 1 is 1.50 bits per heavy atom. The van der Waals surface area contributed by atoms with Gasteiger partial charge in [-0.25, -0.2) is 0 Å². The lowest BCUT2D eigenvalue weighted by atomic mass is 9.88. The zero-order valence-corrected chi connectivity index (χ0v) is 10.8. The van der Waals surface area contributed by atoms with Gasteiger partial charge in [-0.2, -0.15) is 13.2 Å². The summed E-state index contributed by atoms with van der Waals surface area (Å²) in [6.45, 7) is 3.94. The lowest BCUT2D eigenvalue weighted by molar-refractivity contribution is -0.165. The molecule has 2 N–H and O–H groups in total. The molecule has 0 heterocycles. The van der Waals surface area contributed by atoms with E-state index >= 15 is 0 Å². The zero-order valence-electron chi connectivity index (χ0n) is 9.18. The summed E-state index contributed by atoms with van der Waals surface area (Å²) < 4.78 is 36.8. The third kappa shape index (κ3) is 3.35. The number of alkyl halides is 4. The summed E-state index contributed by atoms with van der Waals surface area (Å²) in [7, 11) is 0. The van der Waals surface area contributed by atoms with Gasteiger partial charge >= 0.3 is 6.18 Å². The summed E-state index contributed by atoms with van der Waals surface area (Å²) in [6.07, 6.45) is 0.562. The fraction of sp³-hybridized carbons (Fsp3) is 0.636. The van der Waals surface area contributed by atoms with E-state index in [-0.39, 0.29) is 0 Å². The molecule has 16 heavy (non-hydrogen) atoms. The van der Waals surface area contributed by atoms with Crippen molar-refractivity contribution in [1.82, 2.24) is 0 Å². The van der Waals surface area contributed by atoms with E-state index in [0.29, 0.717) is 17.9 Å². The van der Waals surface area contributed by atoms with Crippen molar-refractivity contribution < 1.29 is 13.2 Å². The van der Waals surface area contributed by atoms with Gasteiger partial charge in [0.1, 0.15) is 10.4 Å². The van der Waals surface area contributed by atoms with Gasteiger partial charge in [0, 0.05) is 0 Å². The summed E-state index contributed by atoms with van der Waals surface area (Å²) in [4.78, 5) is 0. The Labute approximate surface area is 102 Å². The molecule has 0 bridgehead atoms. The van der Waals surface area contributed by atoms with Crippen molar-refractivity contribution in [3.63, 3.8) is 0 Å². The van der Waals surface area contributed by atoms with Gasteiger partial charge in [-0.1, -0.05) is 53.6 Å². The number of halogens is 4. The highest BCUT2D eigenvalue weighted by atomic mass is 79.9. The Morgan fingerprint density at radius 3 is 2.50 bits per heavy atom. The van der Waals surface area contributed by atoms with E-state index in [4.69, 9.17) is 5.73 Å². The Hall–Kier alpha value is -0.290. The Bertz CT molecular complexity index is 316. The molecule has 0 aliphatic heterocycles. The van der Waals surface area contributed by atoms with Crippen molar-refractivity contribution in [3.05, 3.63) is 23.8 Å². The maximum Gasteiger partial charge on any atom is 0.398 e. The van der Waals surface area contributed by atoms with Crippen LogP contribution in [0.25, 0.3) is 0 Å². The van der Waals surface area contributed by atoms with E-state index in [9.17, 15) is 13.2 Å². The van der Waals surface area contributed by atoms with Crippen LogP contribution >= 0.6 is 15.9 Å². The third-order valence-electron chi connectivity index (χ3n) is 2.41. The van der Waals surface area contributed by atoms with Crippen LogP contribution in [0, 0.1) is 11.8 Å². The van der Waals surface area contributed by atoms with Crippen molar-refractivity contribution in [1.29, 1.82) is 0 Å². The number of nitrogens with two attached hydrogens (primary N) is 1. The highest BCUT2D eigenvalue weighted by molar-refractivity contribution is 9.10. The summed E-state index contributed by atoms with van der Waals surface area (Å²) in [6, 6.07) is 0. The van der Waals surface area contributed by atoms with Crippen molar-refractivity contribution in [2.45, 2.75) is 30.9 Å². The van der Waals surface area contributed by atoms with Crippen LogP contribution < -0.4 is 5.73 Å². The SMILES string of the molecule is CC(C)CC1=CC(C(F)(F)F)C(N)(Br)C=C1. The minimum absolute atomic E-state index is 0.324. The second-order valence-electron chi connectivity index (χ2n) is 4.52. The minimum Gasteiger partial charge on any atom is -0.312 e. The van der Waals surface area contributed by atoms with Gasteiger partial charge in [0.2, 0.25) is 0 Å². The molecule has 0 aromatic rings. The third-order valence-corrected chi connectivity index (χ3v) is 3.16. The Balaban J connectivity index is 2.95. The number of hydrogen-bond donors (Lipinski definition) is 1. The normalized spacial score (nSPS) is 30.8. The van der Waals surface area contributed by atoms with Crippen LogP contribution in [0.4, 0.5) is 13.2 Å². The van der Waals surface area contributed by atoms with Crippen molar-refractivity contribution in [2.24, 2.45) is 17.6 Å². The molecule has 1 rings (SSSR count). The molecule has 2 unspecified atom stereocenters. The maximum absolute atomic E-state index is 12.8. The monoisotopic (exact) mass is 297 g/mol. The van der Waals surface area contributed by atoms with Crippen LogP contribution in [0.2, 0.25) is 0 Å². The topological polar surface area (TPSA) is 26.0 Å². The van der Waals surface area contributed by atoms with Gasteiger partial charge in [-0.3, -0.25) is 0 Å². The molecule has 0 radical (unpaired) electrons. The lowest BCUT2D eigenvalue weighted by Gasteiger charge is -2.32. The first kappa shape index (κ1) is 13.8. The van der Waals surface area contributed by atoms with Crippen LogP contribution in [-0.2, 0) is 0 Å². The molecule has 1 aliphatic carbocycles. The van der Waals surface area contributed by atoms with Gasteiger partial charge in [-0.05, 0) is 12.3 Å². The lowest BCUT2D eigenvalue weighted by Crippen LogP contribution is -2.47. The number of hydrogen-bond acceptors (Lipinski definition) is 1. The quantitative estimate of drug-likeness (QED) is 0.609. The molecule has 0 saturated carbocycles. The molecular weight excluding hydrogens is 283 g/mol. The molecule has 1 nitrogen and oxygen atoms in total. The van der Waals surface area contributed by atoms with Crippen LogP contribution in [0.5, 0.6) is 0 Å². The van der Waals surface area contributed by atoms with E-state index in [1.54, 1.807) is 6.08 Å². The molecule has 2 atom stereocenters. The number of rotatable bonds is 2. The van der Waals surface area contributed by atoms with Gasteiger partial charge in [0.05, 0.1) is 0 Å². The first-order valence-corrected chi connectivity index (χ1v) is 5.86. The average molecular weight is 298 g/mol. The molecule has 0 fully saturated rings. The van der Waals surface area contributed by atoms with E-state index < -0.39 is 16.5 Å². The van der Waals surface area contributed by atoms with Crippen LogP contribution in [0.3, 0.4) is 0 Å². The Morgan fingerprint density at radius 2 is 2.06 bits per heavy atom. The van der Waals surface area contributed by atoms with Crippen molar-refractivity contribution in [3.8, 4) is 0 Å². The minimum atomic E-state index is -4.33. The van der Waals surface area contributed by atoms with E-state index in [2.05, 4.69) is 15.9 Å². The molecule has 5 heteroatoms. The fourth-order valence-corrected chi connectivity index (χ4v) is 2.21. The first-order chi connectivity index (χ1) is 7.13. The molecule has 0 amide bonds. The predicted molar refractivity (Wildman–Crippen MR) is 62.1 cm³/mol. The van der Waals surface area contributed by atoms with Gasteiger partial charge < -0.3 is 5.73 Å². The van der Waals surface area contributed by atoms with Gasteiger partial charge in [0.25, 0.3) is 0 Å². The molecule has 1 aliphatic rings. The van der Waals surface area contributed by atoms with E-state index in [0.717, 1.165) is 0 Å². The fourth-order valence-electron chi connectivity index (χ4n) is 1.69. The van der Waals surface area contributed by atoms with Crippen LogP contribution in [0.15, 0.2) is 23.8 Å². The largest absolute Gasteiger partial charge is 0.398 e. The van der Waals surface area contributed by atoms with Crippen molar-refractivity contribution in [2.75, 3.05) is 0 Å². The Kier molecular flexibility index (Phi) is 3.90. The van der Waals surface area contributed by atoms with E-state index in [1.165, 1.54) is 12.2 Å². The summed E-state index contributed by atoms with van der Waals surface area (Å²) in [5.74, 6) is -1.34. The van der Waals surface area contributed by atoms with Crippen molar-refractivity contribution >= 4 is 15.9 Å². The van der Waals surface area contributed by atoms with Gasteiger partial charge in [-0.15, -0.1) is 0 Å². The zero-order chi connectivity index (χ0) is 12.6. The molecule has 0 spiro atoms. The highest BCUT2D eigenvalue weighted by Crippen LogP contribution is 2.42. The second kappa shape index (κ2) is 4.53. The summed E-state index contributed by atoms with van der Waals surface area (Å²) in [5, 5.41) is 0. The van der Waals surface area contributed by atoms with Crippen LogP contribution in [0.1, 0.15) is 20.3 Å². The average Bonchev–Trinajstić information content (AvgIpc) is 2.05. The summed E-state index contributed by atoms with van der Waals surface area (Å²) in [5.41, 5.74) is 6.26. The predicted octanol–water partition coefficient (Wildman–Crippen LogP) is 3.76. The second-order valence-corrected chi connectivity index (χ2v) is 5.89. The van der Waals surface area contributed by atoms with E-state index in [1.807, 2.05) is 13.8 Å². The highest BCUT2D eigenvalue weighted by Gasteiger charge is 2.49. The molecule has 0 aromatic carbocycles. The standard InChI is InChI=1S/C11H15BrF3N/c1-7(2)5-8-3-4-10(12,16)9(6-8)11(13,14)15/h3-4,6-7,9H,5,16H2,1-2H3. The van der Waals surface area contributed by atoms with Crippen LogP contribution in [-0.4, -0.2) is 10.6 Å². The van der Waals surface area contributed by atoms with Gasteiger partial charge in [0.15, 0.2) is 0 Å². The molecular formula is C11H15BrF3N. The molecule has 0 saturated heterocycles. The maximum atomic E-state index is 12.8.